The van der Waals surface area contributed by atoms with E-state index >= 15 is 0 Å². The molecule has 2 heterocycles. The van der Waals surface area contributed by atoms with Crippen LogP contribution in [0.5, 0.6) is 5.75 Å². The van der Waals surface area contributed by atoms with Crippen LogP contribution >= 0.6 is 0 Å². The van der Waals surface area contributed by atoms with E-state index in [9.17, 15) is 9.59 Å². The van der Waals surface area contributed by atoms with Gasteiger partial charge in [0.1, 0.15) is 5.75 Å². The van der Waals surface area contributed by atoms with E-state index in [4.69, 9.17) is 9.47 Å². The summed E-state index contributed by atoms with van der Waals surface area (Å²) >= 11 is 0. The predicted molar refractivity (Wildman–Crippen MR) is 71.3 cm³/mol. The molecule has 106 valence electrons. The summed E-state index contributed by atoms with van der Waals surface area (Å²) in [7, 11) is 1.62. The average molecular weight is 275 g/mol. The number of benzene rings is 1. The zero-order valence-corrected chi connectivity index (χ0v) is 11.4. The zero-order valence-electron chi connectivity index (χ0n) is 11.4. The summed E-state index contributed by atoms with van der Waals surface area (Å²) in [5.41, 5.74) is -0.159. The van der Waals surface area contributed by atoms with Gasteiger partial charge in [0.2, 0.25) is 5.60 Å². The Balaban J connectivity index is 1.73. The fourth-order valence-corrected chi connectivity index (χ4v) is 2.85. The van der Waals surface area contributed by atoms with Crippen molar-refractivity contribution < 1.29 is 19.1 Å². The molecule has 2 saturated heterocycles. The minimum absolute atomic E-state index is 0.0697. The van der Waals surface area contributed by atoms with Crippen LogP contribution in [-0.4, -0.2) is 42.5 Å². The molecule has 1 atom stereocenters. The van der Waals surface area contributed by atoms with Crippen molar-refractivity contribution in [2.24, 2.45) is 0 Å². The molecule has 0 aromatic heterocycles. The molecule has 0 N–H and O–H groups in total. The van der Waals surface area contributed by atoms with E-state index in [2.05, 4.69) is 0 Å². The summed E-state index contributed by atoms with van der Waals surface area (Å²) in [4.78, 5) is 26.0. The van der Waals surface area contributed by atoms with Gasteiger partial charge >= 0.3 is 0 Å². The van der Waals surface area contributed by atoms with Crippen LogP contribution in [0.25, 0.3) is 0 Å². The number of ketones is 1. The van der Waals surface area contributed by atoms with E-state index in [-0.39, 0.29) is 11.7 Å². The normalized spacial score (nSPS) is 25.8. The quantitative estimate of drug-likeness (QED) is 0.777. The SMILES string of the molecule is COc1ccc(CN2CCC3(OCCC3=O)C2=O)cc1. The Labute approximate surface area is 117 Å². The first-order valence-electron chi connectivity index (χ1n) is 6.75. The van der Waals surface area contributed by atoms with Gasteiger partial charge in [-0.3, -0.25) is 9.59 Å². The second kappa shape index (κ2) is 4.90. The van der Waals surface area contributed by atoms with Crippen LogP contribution < -0.4 is 4.74 Å². The van der Waals surface area contributed by atoms with Gasteiger partial charge < -0.3 is 14.4 Å². The van der Waals surface area contributed by atoms with E-state index in [1.54, 1.807) is 12.0 Å². The van der Waals surface area contributed by atoms with Crippen molar-refractivity contribution in [2.75, 3.05) is 20.3 Å². The maximum absolute atomic E-state index is 12.4. The van der Waals surface area contributed by atoms with E-state index in [1.165, 1.54) is 0 Å². The fraction of sp³-hybridized carbons (Fsp3) is 0.467. The largest absolute Gasteiger partial charge is 0.497 e. The molecule has 20 heavy (non-hydrogen) atoms. The molecule has 5 nitrogen and oxygen atoms in total. The number of hydrogen-bond acceptors (Lipinski definition) is 4. The standard InChI is InChI=1S/C15H17NO4/c1-19-12-4-2-11(3-5-12)10-16-8-7-15(14(16)18)13(17)6-9-20-15/h2-5H,6-10H2,1H3. The molecule has 1 spiro atoms. The maximum Gasteiger partial charge on any atom is 0.262 e. The fourth-order valence-electron chi connectivity index (χ4n) is 2.85. The first-order chi connectivity index (χ1) is 9.65. The second-order valence-electron chi connectivity index (χ2n) is 5.17. The first-order valence-corrected chi connectivity index (χ1v) is 6.75. The van der Waals surface area contributed by atoms with Crippen molar-refractivity contribution >= 4 is 11.7 Å². The third kappa shape index (κ3) is 1.98. The van der Waals surface area contributed by atoms with Crippen LogP contribution in [0.15, 0.2) is 24.3 Å². The Bertz CT molecular complexity index is 539. The number of methoxy groups -OCH3 is 1. The predicted octanol–water partition coefficient (Wildman–Crippen LogP) is 1.16. The van der Waals surface area contributed by atoms with Crippen LogP contribution in [0, 0.1) is 0 Å². The van der Waals surface area contributed by atoms with E-state index in [0.29, 0.717) is 32.5 Å². The molecule has 5 heteroatoms. The van der Waals surface area contributed by atoms with Crippen molar-refractivity contribution in [1.82, 2.24) is 4.90 Å². The zero-order chi connectivity index (χ0) is 14.2. The minimum atomic E-state index is -1.17. The summed E-state index contributed by atoms with van der Waals surface area (Å²) < 4.78 is 10.6. The third-order valence-corrected chi connectivity index (χ3v) is 4.03. The van der Waals surface area contributed by atoms with Crippen LogP contribution in [0.1, 0.15) is 18.4 Å². The molecular weight excluding hydrogens is 258 g/mol. The highest BCUT2D eigenvalue weighted by Gasteiger charge is 2.55. The van der Waals surface area contributed by atoms with Crippen molar-refractivity contribution in [2.45, 2.75) is 25.0 Å². The van der Waals surface area contributed by atoms with Gasteiger partial charge in [-0.05, 0) is 17.7 Å². The van der Waals surface area contributed by atoms with Gasteiger partial charge in [0, 0.05) is 25.9 Å². The molecule has 2 aliphatic heterocycles. The summed E-state index contributed by atoms with van der Waals surface area (Å²) in [5, 5.41) is 0. The van der Waals surface area contributed by atoms with Crippen molar-refractivity contribution in [3.8, 4) is 5.75 Å². The Morgan fingerprint density at radius 2 is 2.05 bits per heavy atom. The summed E-state index contributed by atoms with van der Waals surface area (Å²) in [5.74, 6) is 0.530. The number of nitrogens with zero attached hydrogens (tertiary/aromatic N) is 1. The van der Waals surface area contributed by atoms with Crippen molar-refractivity contribution in [1.29, 1.82) is 0 Å². The Morgan fingerprint density at radius 1 is 1.30 bits per heavy atom. The van der Waals surface area contributed by atoms with Gasteiger partial charge in [0.25, 0.3) is 5.91 Å². The number of carbonyl (C=O) groups excluding carboxylic acids is 2. The minimum Gasteiger partial charge on any atom is -0.497 e. The number of hydrogen-bond donors (Lipinski definition) is 0. The number of likely N-dealkylation sites (tertiary alicyclic amines) is 1. The van der Waals surface area contributed by atoms with Gasteiger partial charge in [-0.2, -0.15) is 0 Å². The number of Topliss-reactive ketones (excluding diaryl/α,β-unsaturated/α-hetero) is 1. The van der Waals surface area contributed by atoms with Crippen LogP contribution in [0.3, 0.4) is 0 Å². The molecular formula is C15H17NO4. The number of rotatable bonds is 3. The highest BCUT2D eigenvalue weighted by atomic mass is 16.5. The third-order valence-electron chi connectivity index (χ3n) is 4.03. The molecule has 0 radical (unpaired) electrons. The Hall–Kier alpha value is -1.88. The second-order valence-corrected chi connectivity index (χ2v) is 5.17. The molecule has 3 rings (SSSR count). The molecule has 0 saturated carbocycles. The van der Waals surface area contributed by atoms with Gasteiger partial charge in [0.05, 0.1) is 13.7 Å². The summed E-state index contributed by atoms with van der Waals surface area (Å²) in [6.45, 7) is 1.43. The van der Waals surface area contributed by atoms with Crippen molar-refractivity contribution in [3.63, 3.8) is 0 Å². The van der Waals surface area contributed by atoms with Gasteiger partial charge in [-0.15, -0.1) is 0 Å². The number of ether oxygens (including phenoxy) is 2. The van der Waals surface area contributed by atoms with Crippen molar-refractivity contribution in [3.05, 3.63) is 29.8 Å². The van der Waals surface area contributed by atoms with Gasteiger partial charge in [-0.25, -0.2) is 0 Å². The maximum atomic E-state index is 12.4. The molecule has 1 amide bonds. The van der Waals surface area contributed by atoms with E-state index in [1.807, 2.05) is 24.3 Å². The lowest BCUT2D eigenvalue weighted by atomic mass is 9.97. The molecule has 1 aromatic rings. The lowest BCUT2D eigenvalue weighted by Crippen LogP contribution is -2.44. The average Bonchev–Trinajstić information content (AvgIpc) is 2.99. The number of amides is 1. The lowest BCUT2D eigenvalue weighted by molar-refractivity contribution is -0.151. The monoisotopic (exact) mass is 275 g/mol. The highest BCUT2D eigenvalue weighted by Crippen LogP contribution is 2.34. The molecule has 2 fully saturated rings. The molecule has 0 aliphatic carbocycles. The summed E-state index contributed by atoms with van der Waals surface area (Å²) in [6, 6.07) is 7.58. The van der Waals surface area contributed by atoms with Gasteiger partial charge in [-0.1, -0.05) is 12.1 Å². The topological polar surface area (TPSA) is 55.8 Å². The molecule has 1 unspecified atom stereocenters. The van der Waals surface area contributed by atoms with Gasteiger partial charge in [0.15, 0.2) is 5.78 Å². The number of carbonyl (C=O) groups is 2. The van der Waals surface area contributed by atoms with E-state index in [0.717, 1.165) is 11.3 Å². The smallest absolute Gasteiger partial charge is 0.262 e. The lowest BCUT2D eigenvalue weighted by Gasteiger charge is -2.21. The van der Waals surface area contributed by atoms with Crippen LogP contribution in [0.4, 0.5) is 0 Å². The highest BCUT2D eigenvalue weighted by molar-refractivity contribution is 6.11. The molecule has 2 aliphatic rings. The first kappa shape index (κ1) is 13.1. The van der Waals surface area contributed by atoms with Crippen LogP contribution in [0.2, 0.25) is 0 Å². The molecule has 1 aromatic carbocycles. The molecule has 0 bridgehead atoms. The Morgan fingerprint density at radius 3 is 2.65 bits per heavy atom. The van der Waals surface area contributed by atoms with E-state index < -0.39 is 5.60 Å². The summed E-state index contributed by atoms with van der Waals surface area (Å²) in [6.07, 6.45) is 0.822. The Kier molecular flexibility index (Phi) is 3.22. The van der Waals surface area contributed by atoms with Crippen LogP contribution in [-0.2, 0) is 20.9 Å².